The number of anilines is 2. The average Bonchev–Trinajstić information content (AvgIpc) is 3.29. The number of rotatable bonds is 6. The van der Waals surface area contributed by atoms with Crippen LogP contribution in [-0.2, 0) is 17.5 Å². The van der Waals surface area contributed by atoms with Crippen molar-refractivity contribution in [3.05, 3.63) is 77.4 Å². The summed E-state index contributed by atoms with van der Waals surface area (Å²) in [5.74, 6) is -0.265. The van der Waals surface area contributed by atoms with Gasteiger partial charge in [0.05, 0.1) is 11.1 Å². The molecular weight excluding hydrogens is 425 g/mol. The Hall–Kier alpha value is -4.28. The third kappa shape index (κ3) is 4.41. The number of alkyl halides is 3. The van der Waals surface area contributed by atoms with Gasteiger partial charge in [0.25, 0.3) is 5.91 Å². The Kier molecular flexibility index (Phi) is 5.54. The van der Waals surface area contributed by atoms with Gasteiger partial charge in [-0.3, -0.25) is 14.7 Å². The zero-order valence-corrected chi connectivity index (χ0v) is 16.2. The smallest absolute Gasteiger partial charge is 0.365 e. The van der Waals surface area contributed by atoms with Gasteiger partial charge in [0.1, 0.15) is 17.8 Å². The lowest BCUT2D eigenvalue weighted by atomic mass is 10.1. The minimum atomic E-state index is -4.62. The number of carbonyl (C=O) groups is 1. The van der Waals surface area contributed by atoms with Gasteiger partial charge in [0, 0.05) is 23.7 Å². The van der Waals surface area contributed by atoms with E-state index in [4.69, 9.17) is 0 Å². The average molecular weight is 439 g/mol. The standard InChI is InChI=1S/C21H14F3N6O2/c22-21(23,24)17-8-16(29-30-17)20(32)28-14-5-1-3-12(7-14)9-25-19-15-6-2-4-13(10-31)18(15)26-11-27-19/h1-8,11H,9H2,(H,28,32)(H,29,30)(H,25,26,27). The molecule has 8 nitrogen and oxygen atoms in total. The minimum absolute atomic E-state index is 0.324. The molecule has 0 fully saturated rings. The molecule has 0 saturated heterocycles. The molecule has 4 rings (SSSR count). The van der Waals surface area contributed by atoms with E-state index >= 15 is 0 Å². The number of nitrogens with zero attached hydrogens (tertiary/aromatic N) is 3. The summed E-state index contributed by atoms with van der Waals surface area (Å²) in [6.07, 6.45) is -1.44. The van der Waals surface area contributed by atoms with Crippen molar-refractivity contribution >= 4 is 34.6 Å². The summed E-state index contributed by atoms with van der Waals surface area (Å²) in [6, 6.07) is 12.5. The SMILES string of the molecule is O=[C]c1cccc2c(NCc3cccc(NC(=O)c4cc(C(F)(F)F)[nH]n4)c3)ncnc12. The van der Waals surface area contributed by atoms with Crippen LogP contribution in [-0.4, -0.2) is 32.4 Å². The molecular formula is C21H14F3N6O2. The number of benzene rings is 2. The first-order valence-electron chi connectivity index (χ1n) is 9.24. The fraction of sp³-hybridized carbons (Fsp3) is 0.0952. The highest BCUT2D eigenvalue weighted by molar-refractivity contribution is 6.03. The number of H-pyrrole nitrogens is 1. The van der Waals surface area contributed by atoms with E-state index in [0.717, 1.165) is 5.56 Å². The van der Waals surface area contributed by atoms with Crippen LogP contribution in [0.25, 0.3) is 10.9 Å². The van der Waals surface area contributed by atoms with Crippen LogP contribution < -0.4 is 10.6 Å². The van der Waals surface area contributed by atoms with Gasteiger partial charge in [-0.1, -0.05) is 18.2 Å². The van der Waals surface area contributed by atoms with Crippen LogP contribution in [0.2, 0.25) is 0 Å². The molecule has 0 unspecified atom stereocenters. The normalized spacial score (nSPS) is 11.3. The molecule has 2 aromatic carbocycles. The van der Waals surface area contributed by atoms with Gasteiger partial charge in [0.2, 0.25) is 6.29 Å². The number of hydrogen-bond donors (Lipinski definition) is 3. The second kappa shape index (κ2) is 8.46. The molecule has 2 heterocycles. The molecule has 161 valence electrons. The van der Waals surface area contributed by atoms with E-state index in [1.807, 2.05) is 6.29 Å². The monoisotopic (exact) mass is 439 g/mol. The van der Waals surface area contributed by atoms with E-state index in [1.165, 1.54) is 6.33 Å². The first-order valence-corrected chi connectivity index (χ1v) is 9.24. The number of nitrogens with one attached hydrogen (secondary N) is 3. The van der Waals surface area contributed by atoms with Crippen LogP contribution in [0.5, 0.6) is 0 Å². The quantitative estimate of drug-likeness (QED) is 0.422. The largest absolute Gasteiger partial charge is 0.432 e. The van der Waals surface area contributed by atoms with Crippen LogP contribution in [0.4, 0.5) is 24.7 Å². The molecule has 0 saturated carbocycles. The maximum Gasteiger partial charge on any atom is 0.432 e. The molecule has 0 spiro atoms. The van der Waals surface area contributed by atoms with E-state index in [2.05, 4.69) is 25.7 Å². The molecule has 32 heavy (non-hydrogen) atoms. The van der Waals surface area contributed by atoms with Gasteiger partial charge >= 0.3 is 6.18 Å². The Balaban J connectivity index is 1.47. The predicted octanol–water partition coefficient (Wildman–Crippen LogP) is 3.69. The van der Waals surface area contributed by atoms with Crippen molar-refractivity contribution in [1.82, 2.24) is 20.2 Å². The Bertz CT molecular complexity index is 1300. The van der Waals surface area contributed by atoms with Gasteiger partial charge < -0.3 is 10.6 Å². The van der Waals surface area contributed by atoms with E-state index in [9.17, 15) is 22.8 Å². The molecule has 1 amide bonds. The summed E-state index contributed by atoms with van der Waals surface area (Å²) in [5.41, 5.74) is 0.467. The zero-order valence-electron chi connectivity index (χ0n) is 16.2. The molecule has 0 aliphatic carbocycles. The molecule has 2 aromatic heterocycles. The number of halogens is 3. The van der Waals surface area contributed by atoms with Crippen LogP contribution in [0.15, 0.2) is 54.9 Å². The Morgan fingerprint density at radius 3 is 2.66 bits per heavy atom. The number of amides is 1. The summed E-state index contributed by atoms with van der Waals surface area (Å²) in [4.78, 5) is 31.6. The minimum Gasteiger partial charge on any atom is -0.365 e. The number of aromatic nitrogens is 4. The second-order valence-electron chi connectivity index (χ2n) is 6.70. The highest BCUT2D eigenvalue weighted by atomic mass is 19.4. The topological polar surface area (TPSA) is 113 Å². The summed E-state index contributed by atoms with van der Waals surface area (Å²) in [7, 11) is 0. The number of aromatic amines is 1. The summed E-state index contributed by atoms with van der Waals surface area (Å²) >= 11 is 0. The molecule has 11 heteroatoms. The highest BCUT2D eigenvalue weighted by Gasteiger charge is 2.33. The number of fused-ring (bicyclic) bond motifs is 1. The van der Waals surface area contributed by atoms with E-state index < -0.39 is 17.8 Å². The van der Waals surface area contributed by atoms with Gasteiger partial charge in [-0.05, 0) is 29.8 Å². The molecule has 3 N–H and O–H groups in total. The van der Waals surface area contributed by atoms with Crippen LogP contribution in [0.3, 0.4) is 0 Å². The summed E-state index contributed by atoms with van der Waals surface area (Å²) in [6.45, 7) is 0.325. The van der Waals surface area contributed by atoms with Crippen molar-refractivity contribution in [2.45, 2.75) is 12.7 Å². The fourth-order valence-electron chi connectivity index (χ4n) is 3.03. The lowest BCUT2D eigenvalue weighted by Gasteiger charge is -2.10. The summed E-state index contributed by atoms with van der Waals surface area (Å²) in [5, 5.41) is 11.5. The van der Waals surface area contributed by atoms with E-state index in [0.29, 0.717) is 40.6 Å². The van der Waals surface area contributed by atoms with Crippen molar-refractivity contribution in [1.29, 1.82) is 0 Å². The molecule has 0 aliphatic heterocycles. The molecule has 4 aromatic rings. The van der Waals surface area contributed by atoms with Gasteiger partial charge in [0.15, 0.2) is 5.69 Å². The van der Waals surface area contributed by atoms with Crippen LogP contribution >= 0.6 is 0 Å². The van der Waals surface area contributed by atoms with Crippen molar-refractivity contribution in [2.24, 2.45) is 0 Å². The lowest BCUT2D eigenvalue weighted by Crippen LogP contribution is -2.13. The second-order valence-corrected chi connectivity index (χ2v) is 6.70. The summed E-state index contributed by atoms with van der Waals surface area (Å²) < 4.78 is 38.0. The predicted molar refractivity (Wildman–Crippen MR) is 110 cm³/mol. The first-order chi connectivity index (χ1) is 15.3. The van der Waals surface area contributed by atoms with Crippen molar-refractivity contribution in [3.8, 4) is 0 Å². The third-order valence-corrected chi connectivity index (χ3v) is 4.54. The van der Waals surface area contributed by atoms with Gasteiger partial charge in [-0.15, -0.1) is 0 Å². The zero-order chi connectivity index (χ0) is 22.7. The van der Waals surface area contributed by atoms with Gasteiger partial charge in [-0.2, -0.15) is 18.3 Å². The highest BCUT2D eigenvalue weighted by Crippen LogP contribution is 2.28. The maximum absolute atomic E-state index is 12.7. The number of carbonyl (C=O) groups excluding carboxylic acids is 2. The first kappa shape index (κ1) is 21.0. The van der Waals surface area contributed by atoms with Crippen molar-refractivity contribution in [3.63, 3.8) is 0 Å². The Morgan fingerprint density at radius 2 is 1.91 bits per heavy atom. The van der Waals surface area contributed by atoms with Crippen molar-refractivity contribution < 1.29 is 22.8 Å². The van der Waals surface area contributed by atoms with Crippen LogP contribution in [0, 0.1) is 0 Å². The number of hydrogen-bond acceptors (Lipinski definition) is 6. The van der Waals surface area contributed by atoms with E-state index in [-0.39, 0.29) is 5.69 Å². The maximum atomic E-state index is 12.7. The molecule has 0 bridgehead atoms. The lowest BCUT2D eigenvalue weighted by molar-refractivity contribution is -0.141. The number of para-hydroxylation sites is 1. The van der Waals surface area contributed by atoms with Gasteiger partial charge in [-0.25, -0.2) is 9.97 Å². The fourth-order valence-corrected chi connectivity index (χ4v) is 3.03. The van der Waals surface area contributed by atoms with E-state index in [1.54, 1.807) is 47.6 Å². The third-order valence-electron chi connectivity index (χ3n) is 4.54. The molecule has 1 radical (unpaired) electrons. The van der Waals surface area contributed by atoms with Crippen molar-refractivity contribution in [2.75, 3.05) is 10.6 Å². The molecule has 0 aliphatic rings. The van der Waals surface area contributed by atoms with Crippen LogP contribution in [0.1, 0.15) is 27.3 Å². The molecule has 0 atom stereocenters. The Morgan fingerprint density at radius 1 is 1.09 bits per heavy atom. The Labute approximate surface area is 178 Å².